The highest BCUT2D eigenvalue weighted by molar-refractivity contribution is 6.45. The smallest absolute Gasteiger partial charge is 0.350 e. The van der Waals surface area contributed by atoms with Gasteiger partial charge in [-0.3, -0.25) is 0 Å². The van der Waals surface area contributed by atoms with Crippen molar-refractivity contribution in [2.24, 2.45) is 0 Å². The first kappa shape index (κ1) is 10.1. The third kappa shape index (κ3) is 3.20. The molecule has 0 aromatic heterocycles. The number of rotatable bonds is 6. The minimum absolute atomic E-state index is 0.0872. The summed E-state index contributed by atoms with van der Waals surface area (Å²) in [7, 11) is 1.73. The summed E-state index contributed by atoms with van der Waals surface area (Å²) >= 11 is 0. The molecule has 1 heterocycles. The van der Waals surface area contributed by atoms with E-state index in [0.717, 1.165) is 6.61 Å². The lowest BCUT2D eigenvalue weighted by molar-refractivity contribution is 0.0698. The molecule has 1 saturated heterocycles. The molecule has 12 heavy (non-hydrogen) atoms. The van der Waals surface area contributed by atoms with E-state index in [2.05, 4.69) is 0 Å². The van der Waals surface area contributed by atoms with Gasteiger partial charge in [-0.15, -0.1) is 0 Å². The van der Waals surface area contributed by atoms with Crippen LogP contribution in [0.3, 0.4) is 0 Å². The Kier molecular flexibility index (Phi) is 4.17. The molecule has 0 amide bonds. The van der Waals surface area contributed by atoms with Crippen molar-refractivity contribution in [2.75, 3.05) is 27.4 Å². The summed E-state index contributed by atoms with van der Waals surface area (Å²) in [5, 5.41) is 0. The van der Waals surface area contributed by atoms with Crippen LogP contribution in [0.15, 0.2) is 0 Å². The average molecular weight is 192 g/mol. The molecule has 2 atom stereocenters. The molecule has 0 aliphatic carbocycles. The van der Waals surface area contributed by atoms with Gasteiger partial charge in [-0.25, -0.2) is 0 Å². The topological polar surface area (TPSA) is 40.2 Å². The predicted molar refractivity (Wildman–Crippen MR) is 46.3 cm³/mol. The minimum atomic E-state index is -1.60. The van der Waals surface area contributed by atoms with Crippen molar-refractivity contribution in [1.82, 2.24) is 0 Å². The van der Waals surface area contributed by atoms with Crippen LogP contribution in [0.25, 0.3) is 0 Å². The van der Waals surface area contributed by atoms with Crippen molar-refractivity contribution in [3.8, 4) is 0 Å². The lowest BCUT2D eigenvalue weighted by atomic mass is 10.5. The fraction of sp³-hybridized carbons (Fsp3) is 1.00. The van der Waals surface area contributed by atoms with E-state index in [0.29, 0.717) is 12.7 Å². The third-order valence-corrected chi connectivity index (χ3v) is 3.68. The molecule has 5 heteroatoms. The SMILES string of the molecule is CO[SiH](OC)C(C)OCC1CO1. The van der Waals surface area contributed by atoms with Gasteiger partial charge in [0.1, 0.15) is 6.10 Å². The Morgan fingerprint density at radius 1 is 1.50 bits per heavy atom. The van der Waals surface area contributed by atoms with Gasteiger partial charge >= 0.3 is 9.28 Å². The summed E-state index contributed by atoms with van der Waals surface area (Å²) in [6.07, 6.45) is 0.316. The van der Waals surface area contributed by atoms with Gasteiger partial charge in [-0.1, -0.05) is 0 Å². The Morgan fingerprint density at radius 2 is 2.08 bits per heavy atom. The number of hydrogen-bond acceptors (Lipinski definition) is 4. The standard InChI is InChI=1S/C7H16O4Si/c1-6(12(8-2)9-3)10-4-7-5-11-7/h6-7,12H,4-5H2,1-3H3. The van der Waals surface area contributed by atoms with Gasteiger partial charge in [0.15, 0.2) is 0 Å². The summed E-state index contributed by atoms with van der Waals surface area (Å²) in [6, 6.07) is 0. The van der Waals surface area contributed by atoms with E-state index < -0.39 is 9.28 Å². The maximum Gasteiger partial charge on any atom is 0.350 e. The van der Waals surface area contributed by atoms with Crippen LogP contribution in [0.5, 0.6) is 0 Å². The molecule has 1 rings (SSSR count). The first-order valence-corrected chi connectivity index (χ1v) is 5.67. The van der Waals surface area contributed by atoms with Gasteiger partial charge in [0.05, 0.1) is 18.9 Å². The Balaban J connectivity index is 2.10. The predicted octanol–water partition coefficient (Wildman–Crippen LogP) is -0.157. The van der Waals surface area contributed by atoms with Crippen molar-refractivity contribution < 1.29 is 18.3 Å². The second kappa shape index (κ2) is 4.93. The van der Waals surface area contributed by atoms with E-state index in [1.54, 1.807) is 14.2 Å². The molecule has 0 bridgehead atoms. The summed E-state index contributed by atoms with van der Waals surface area (Å²) in [6.45, 7) is 3.47. The van der Waals surface area contributed by atoms with Crippen LogP contribution < -0.4 is 0 Å². The Labute approximate surface area is 74.6 Å². The van der Waals surface area contributed by atoms with Crippen molar-refractivity contribution in [1.29, 1.82) is 0 Å². The van der Waals surface area contributed by atoms with E-state index in [1.807, 2.05) is 6.92 Å². The largest absolute Gasteiger partial charge is 0.398 e. The molecule has 72 valence electrons. The van der Waals surface area contributed by atoms with Gasteiger partial charge in [0, 0.05) is 14.2 Å². The van der Waals surface area contributed by atoms with Crippen LogP contribution in [-0.4, -0.2) is 48.5 Å². The third-order valence-electron chi connectivity index (χ3n) is 1.80. The number of hydrogen-bond donors (Lipinski definition) is 0. The molecule has 0 radical (unpaired) electrons. The van der Waals surface area contributed by atoms with E-state index in [1.165, 1.54) is 0 Å². The van der Waals surface area contributed by atoms with Crippen molar-refractivity contribution in [3.63, 3.8) is 0 Å². The molecule has 0 aromatic carbocycles. The molecular weight excluding hydrogens is 176 g/mol. The van der Waals surface area contributed by atoms with Crippen LogP contribution >= 0.6 is 0 Å². The second-order valence-corrected chi connectivity index (χ2v) is 5.45. The molecular formula is C7H16O4Si. The first-order valence-electron chi connectivity index (χ1n) is 4.06. The quantitative estimate of drug-likeness (QED) is 0.433. The highest BCUT2D eigenvalue weighted by Crippen LogP contribution is 2.10. The lowest BCUT2D eigenvalue weighted by Crippen LogP contribution is -2.36. The first-order chi connectivity index (χ1) is 5.77. The summed E-state index contributed by atoms with van der Waals surface area (Å²) in [4.78, 5) is 0. The molecule has 0 N–H and O–H groups in total. The molecule has 2 unspecified atom stereocenters. The van der Waals surface area contributed by atoms with E-state index >= 15 is 0 Å². The normalized spacial score (nSPS) is 24.5. The molecule has 0 spiro atoms. The van der Waals surface area contributed by atoms with Crippen molar-refractivity contribution in [3.05, 3.63) is 0 Å². The molecule has 1 aliphatic rings. The van der Waals surface area contributed by atoms with Crippen LogP contribution in [0.4, 0.5) is 0 Å². The van der Waals surface area contributed by atoms with Crippen molar-refractivity contribution in [2.45, 2.75) is 18.8 Å². The molecule has 1 aliphatic heterocycles. The zero-order valence-corrected chi connectivity index (χ0v) is 8.93. The second-order valence-electron chi connectivity index (χ2n) is 2.83. The zero-order valence-electron chi connectivity index (χ0n) is 7.78. The Hall–Kier alpha value is 0.0569. The number of ether oxygens (including phenoxy) is 2. The minimum Gasteiger partial charge on any atom is -0.398 e. The Bertz CT molecular complexity index is 125. The fourth-order valence-corrected chi connectivity index (χ4v) is 2.21. The van der Waals surface area contributed by atoms with Gasteiger partial charge in [0.2, 0.25) is 0 Å². The van der Waals surface area contributed by atoms with Gasteiger partial charge in [-0.2, -0.15) is 0 Å². The zero-order chi connectivity index (χ0) is 8.97. The van der Waals surface area contributed by atoms with Gasteiger partial charge in [-0.05, 0) is 6.92 Å². The van der Waals surface area contributed by atoms with Crippen LogP contribution in [-0.2, 0) is 18.3 Å². The van der Waals surface area contributed by atoms with Crippen molar-refractivity contribution >= 4 is 9.28 Å². The summed E-state index contributed by atoms with van der Waals surface area (Å²) < 4.78 is 20.8. The summed E-state index contributed by atoms with van der Waals surface area (Å²) in [5.74, 6) is 0. The maximum absolute atomic E-state index is 5.50. The molecule has 0 saturated carbocycles. The van der Waals surface area contributed by atoms with E-state index in [4.69, 9.17) is 18.3 Å². The highest BCUT2D eigenvalue weighted by Gasteiger charge is 2.27. The summed E-state index contributed by atoms with van der Waals surface area (Å²) in [5.41, 5.74) is 0.0872. The van der Waals surface area contributed by atoms with Crippen LogP contribution in [0.2, 0.25) is 0 Å². The fourth-order valence-electron chi connectivity index (χ4n) is 0.981. The lowest BCUT2D eigenvalue weighted by Gasteiger charge is -2.18. The van der Waals surface area contributed by atoms with Gasteiger partial charge in [0.25, 0.3) is 0 Å². The van der Waals surface area contributed by atoms with Crippen LogP contribution in [0.1, 0.15) is 6.92 Å². The highest BCUT2D eigenvalue weighted by atomic mass is 28.3. The van der Waals surface area contributed by atoms with Crippen LogP contribution in [0, 0.1) is 0 Å². The molecule has 4 nitrogen and oxygen atoms in total. The monoisotopic (exact) mass is 192 g/mol. The average Bonchev–Trinajstić information content (AvgIpc) is 2.86. The van der Waals surface area contributed by atoms with Gasteiger partial charge < -0.3 is 18.3 Å². The van der Waals surface area contributed by atoms with E-state index in [-0.39, 0.29) is 5.73 Å². The molecule has 1 fully saturated rings. The number of epoxide rings is 1. The van der Waals surface area contributed by atoms with E-state index in [9.17, 15) is 0 Å². The molecule has 0 aromatic rings. The Morgan fingerprint density at radius 3 is 2.50 bits per heavy atom. The maximum atomic E-state index is 5.50.